The highest BCUT2D eigenvalue weighted by Gasteiger charge is 2.31. The minimum Gasteiger partial charge on any atom is -0.367 e. The highest BCUT2D eigenvalue weighted by atomic mass is 19.1. The number of halogens is 1. The van der Waals surface area contributed by atoms with Crippen LogP contribution in [0, 0.1) is 17.7 Å². The molecule has 27 heavy (non-hydrogen) atoms. The van der Waals surface area contributed by atoms with Gasteiger partial charge in [-0.1, -0.05) is 11.5 Å². The SMILES string of the molecule is CC#CC(=O)N[C@H]1CCCN(c2c(F)cc(C(N)=O)c3c2C(C)=C(C)C3)C1. The van der Waals surface area contributed by atoms with Crippen molar-refractivity contribution < 1.29 is 14.0 Å². The number of hydrogen-bond acceptors (Lipinski definition) is 3. The third-order valence-corrected chi connectivity index (χ3v) is 5.39. The summed E-state index contributed by atoms with van der Waals surface area (Å²) in [6.45, 7) is 6.75. The maximum Gasteiger partial charge on any atom is 0.296 e. The molecule has 6 heteroatoms. The van der Waals surface area contributed by atoms with Crippen molar-refractivity contribution in [2.45, 2.75) is 46.1 Å². The summed E-state index contributed by atoms with van der Waals surface area (Å²) in [5.74, 6) is 3.70. The largest absolute Gasteiger partial charge is 0.367 e. The van der Waals surface area contributed by atoms with E-state index in [9.17, 15) is 9.59 Å². The monoisotopic (exact) mass is 369 g/mol. The van der Waals surface area contributed by atoms with E-state index in [1.807, 2.05) is 18.7 Å². The highest BCUT2D eigenvalue weighted by molar-refractivity contribution is 5.99. The number of amides is 2. The first-order chi connectivity index (χ1) is 12.8. The lowest BCUT2D eigenvalue weighted by Crippen LogP contribution is -2.48. The average molecular weight is 369 g/mol. The standard InChI is InChI=1S/C21H24FN3O2/c1-4-6-18(26)24-14-7-5-8-25(11-14)20-17(22)10-16(21(23)27)15-9-12(2)13(3)19(15)20/h10,14H,5,7-9,11H2,1-3H3,(H2,23,27)(H,24,26)/t14-/m0/s1. The Bertz CT molecular complexity index is 908. The zero-order chi connectivity index (χ0) is 19.7. The molecule has 0 spiro atoms. The lowest BCUT2D eigenvalue weighted by atomic mass is 9.95. The smallest absolute Gasteiger partial charge is 0.296 e. The van der Waals surface area contributed by atoms with E-state index in [1.54, 1.807) is 6.92 Å². The predicted octanol–water partition coefficient (Wildman–Crippen LogP) is 2.38. The molecule has 3 rings (SSSR count). The average Bonchev–Trinajstić information content (AvgIpc) is 2.90. The Labute approximate surface area is 158 Å². The number of nitrogens with one attached hydrogen (secondary N) is 1. The van der Waals surface area contributed by atoms with E-state index in [2.05, 4.69) is 17.2 Å². The van der Waals surface area contributed by atoms with Crippen LogP contribution in [0.2, 0.25) is 0 Å². The molecular formula is C21H24FN3O2. The van der Waals surface area contributed by atoms with Crippen LogP contribution in [0.15, 0.2) is 11.6 Å². The van der Waals surface area contributed by atoms with Gasteiger partial charge >= 0.3 is 0 Å². The molecule has 0 bridgehead atoms. The lowest BCUT2D eigenvalue weighted by molar-refractivity contribution is -0.116. The summed E-state index contributed by atoms with van der Waals surface area (Å²) in [5, 5.41) is 2.89. The van der Waals surface area contributed by atoms with Crippen molar-refractivity contribution in [2.24, 2.45) is 5.73 Å². The number of benzene rings is 1. The molecule has 0 unspecified atom stereocenters. The molecule has 2 amide bonds. The number of carbonyl (C=O) groups excluding carboxylic acids is 2. The number of piperidine rings is 1. The predicted molar refractivity (Wildman–Crippen MR) is 104 cm³/mol. The number of fused-ring (bicyclic) bond motifs is 1. The maximum absolute atomic E-state index is 15.1. The normalized spacial score (nSPS) is 18.7. The summed E-state index contributed by atoms with van der Waals surface area (Å²) in [5.41, 5.74) is 9.92. The van der Waals surface area contributed by atoms with Gasteiger partial charge in [-0.25, -0.2) is 4.39 Å². The molecule has 1 saturated heterocycles. The Kier molecular flexibility index (Phi) is 5.22. The van der Waals surface area contributed by atoms with E-state index in [0.717, 1.165) is 35.1 Å². The fourth-order valence-electron chi connectivity index (χ4n) is 4.04. The van der Waals surface area contributed by atoms with Crippen LogP contribution in [0.3, 0.4) is 0 Å². The van der Waals surface area contributed by atoms with E-state index < -0.39 is 11.7 Å². The van der Waals surface area contributed by atoms with Crippen molar-refractivity contribution in [3.63, 3.8) is 0 Å². The van der Waals surface area contributed by atoms with Crippen LogP contribution in [0.4, 0.5) is 10.1 Å². The molecule has 1 atom stereocenters. The van der Waals surface area contributed by atoms with Crippen molar-refractivity contribution in [3.05, 3.63) is 34.1 Å². The summed E-state index contributed by atoms with van der Waals surface area (Å²) in [6.07, 6.45) is 2.26. The zero-order valence-corrected chi connectivity index (χ0v) is 15.9. The Morgan fingerprint density at radius 3 is 2.78 bits per heavy atom. The summed E-state index contributed by atoms with van der Waals surface area (Å²) < 4.78 is 15.1. The minimum absolute atomic E-state index is 0.0928. The molecule has 142 valence electrons. The van der Waals surface area contributed by atoms with Gasteiger partial charge in [-0.2, -0.15) is 0 Å². The van der Waals surface area contributed by atoms with Crippen LogP contribution in [-0.2, 0) is 11.2 Å². The van der Waals surface area contributed by atoms with Crippen molar-refractivity contribution in [1.29, 1.82) is 0 Å². The molecule has 1 heterocycles. The number of carbonyl (C=O) groups is 2. The fraction of sp³-hybridized carbons (Fsp3) is 0.429. The van der Waals surface area contributed by atoms with Crippen LogP contribution >= 0.6 is 0 Å². The second-order valence-electron chi connectivity index (χ2n) is 7.19. The topological polar surface area (TPSA) is 75.4 Å². The molecule has 3 N–H and O–H groups in total. The van der Waals surface area contributed by atoms with Crippen molar-refractivity contribution in [3.8, 4) is 11.8 Å². The third kappa shape index (κ3) is 3.55. The Hall–Kier alpha value is -2.81. The first-order valence-electron chi connectivity index (χ1n) is 9.13. The van der Waals surface area contributed by atoms with Gasteiger partial charge in [0.1, 0.15) is 5.82 Å². The number of primary amides is 1. The van der Waals surface area contributed by atoms with Crippen LogP contribution < -0.4 is 16.0 Å². The molecule has 1 aromatic rings. The Morgan fingerprint density at radius 2 is 2.11 bits per heavy atom. The van der Waals surface area contributed by atoms with Gasteiger partial charge in [-0.15, -0.1) is 0 Å². The molecule has 0 radical (unpaired) electrons. The molecule has 5 nitrogen and oxygen atoms in total. The van der Waals surface area contributed by atoms with E-state index in [4.69, 9.17) is 5.73 Å². The second kappa shape index (κ2) is 7.43. The van der Waals surface area contributed by atoms with E-state index in [0.29, 0.717) is 25.2 Å². The van der Waals surface area contributed by atoms with Gasteiger partial charge in [0.25, 0.3) is 5.91 Å². The highest BCUT2D eigenvalue weighted by Crippen LogP contribution is 2.43. The zero-order valence-electron chi connectivity index (χ0n) is 15.9. The number of rotatable bonds is 3. The first kappa shape index (κ1) is 19.0. The molecule has 0 aromatic heterocycles. The molecule has 1 aliphatic carbocycles. The molecule has 2 aliphatic rings. The number of nitrogens with zero attached hydrogens (tertiary/aromatic N) is 1. The van der Waals surface area contributed by atoms with Crippen LogP contribution in [0.5, 0.6) is 0 Å². The van der Waals surface area contributed by atoms with Gasteiger partial charge in [0.2, 0.25) is 5.91 Å². The van der Waals surface area contributed by atoms with Gasteiger partial charge in [-0.05, 0) is 63.2 Å². The third-order valence-electron chi connectivity index (χ3n) is 5.39. The molecule has 1 aliphatic heterocycles. The van der Waals surface area contributed by atoms with Crippen LogP contribution in [0.1, 0.15) is 55.1 Å². The summed E-state index contributed by atoms with van der Waals surface area (Å²) in [4.78, 5) is 25.6. The van der Waals surface area contributed by atoms with Crippen molar-refractivity contribution in [1.82, 2.24) is 5.32 Å². The first-order valence-corrected chi connectivity index (χ1v) is 9.13. The second-order valence-corrected chi connectivity index (χ2v) is 7.19. The quantitative estimate of drug-likeness (QED) is 0.804. The number of anilines is 1. The van der Waals surface area contributed by atoms with Crippen molar-refractivity contribution >= 4 is 23.1 Å². The van der Waals surface area contributed by atoms with Crippen LogP contribution in [0.25, 0.3) is 5.57 Å². The Balaban J connectivity index is 1.99. The molecular weight excluding hydrogens is 345 g/mol. The van der Waals surface area contributed by atoms with Crippen molar-refractivity contribution in [2.75, 3.05) is 18.0 Å². The summed E-state index contributed by atoms with van der Waals surface area (Å²) >= 11 is 0. The maximum atomic E-state index is 15.1. The minimum atomic E-state index is -0.610. The van der Waals surface area contributed by atoms with Crippen LogP contribution in [-0.4, -0.2) is 30.9 Å². The molecule has 0 saturated carbocycles. The Morgan fingerprint density at radius 1 is 1.37 bits per heavy atom. The van der Waals surface area contributed by atoms with E-state index in [1.165, 1.54) is 6.07 Å². The van der Waals surface area contributed by atoms with Gasteiger partial charge in [0, 0.05) is 30.3 Å². The van der Waals surface area contributed by atoms with E-state index >= 15 is 4.39 Å². The lowest BCUT2D eigenvalue weighted by Gasteiger charge is -2.36. The van der Waals surface area contributed by atoms with Gasteiger partial charge in [0.15, 0.2) is 0 Å². The summed E-state index contributed by atoms with van der Waals surface area (Å²) in [6, 6.07) is 1.16. The van der Waals surface area contributed by atoms with Gasteiger partial charge < -0.3 is 16.0 Å². The molecule has 1 fully saturated rings. The summed E-state index contributed by atoms with van der Waals surface area (Å²) in [7, 11) is 0. The van der Waals surface area contributed by atoms with Gasteiger partial charge in [0.05, 0.1) is 5.69 Å². The number of hydrogen-bond donors (Lipinski definition) is 2. The fourth-order valence-corrected chi connectivity index (χ4v) is 4.04. The number of allylic oxidation sites excluding steroid dienone is 2. The van der Waals surface area contributed by atoms with E-state index in [-0.39, 0.29) is 17.5 Å². The molecule has 1 aromatic carbocycles. The number of nitrogens with two attached hydrogens (primary N) is 1. The van der Waals surface area contributed by atoms with Gasteiger partial charge in [-0.3, -0.25) is 9.59 Å².